The lowest BCUT2D eigenvalue weighted by molar-refractivity contribution is 0.263. The smallest absolute Gasteiger partial charge is 0.185 e. The zero-order chi connectivity index (χ0) is 13.9. The Balaban J connectivity index is 1.60. The molecule has 1 aromatic rings. The molecular formula is C14H21N5S. The van der Waals surface area contributed by atoms with E-state index in [1.165, 1.54) is 15.7 Å². The maximum Gasteiger partial charge on any atom is 0.185 e. The molecule has 0 aromatic carbocycles. The number of piperazine rings is 1. The van der Waals surface area contributed by atoms with Crippen LogP contribution in [0.25, 0.3) is 0 Å². The number of rotatable bonds is 3. The van der Waals surface area contributed by atoms with Crippen molar-refractivity contribution in [3.8, 4) is 6.07 Å². The van der Waals surface area contributed by atoms with Crippen LogP contribution in [0, 0.1) is 11.3 Å². The summed E-state index contributed by atoms with van der Waals surface area (Å²) in [5, 5.41) is 13.3. The second-order valence-corrected chi connectivity index (χ2v) is 6.65. The van der Waals surface area contributed by atoms with E-state index in [2.05, 4.69) is 28.1 Å². The summed E-state index contributed by atoms with van der Waals surface area (Å²) in [5.41, 5.74) is 1.29. The van der Waals surface area contributed by atoms with E-state index in [-0.39, 0.29) is 0 Å². The molecule has 1 saturated heterocycles. The van der Waals surface area contributed by atoms with Crippen LogP contribution in [-0.2, 0) is 13.0 Å². The van der Waals surface area contributed by atoms with Crippen LogP contribution >= 0.6 is 11.3 Å². The number of aromatic nitrogens is 1. The fraction of sp³-hybridized carbons (Fsp3) is 0.714. The Kier molecular flexibility index (Phi) is 4.20. The van der Waals surface area contributed by atoms with Gasteiger partial charge in [0.2, 0.25) is 0 Å². The summed E-state index contributed by atoms with van der Waals surface area (Å²) >= 11 is 1.84. The van der Waals surface area contributed by atoms with Gasteiger partial charge in [-0.15, -0.1) is 11.3 Å². The normalized spacial score (nSPS) is 23.4. The van der Waals surface area contributed by atoms with E-state index in [0.717, 1.165) is 45.7 Å². The summed E-state index contributed by atoms with van der Waals surface area (Å²) < 4.78 is 0. The molecule has 5 nitrogen and oxygen atoms in total. The van der Waals surface area contributed by atoms with Crippen molar-refractivity contribution in [1.82, 2.24) is 15.2 Å². The molecule has 2 aliphatic rings. The van der Waals surface area contributed by atoms with Gasteiger partial charge in [0.25, 0.3) is 0 Å². The lowest BCUT2D eigenvalue weighted by Gasteiger charge is -2.34. The van der Waals surface area contributed by atoms with Crippen LogP contribution in [0.4, 0.5) is 5.13 Å². The maximum atomic E-state index is 8.64. The first-order chi connectivity index (χ1) is 9.76. The molecule has 2 aliphatic heterocycles. The van der Waals surface area contributed by atoms with E-state index in [9.17, 15) is 0 Å². The molecule has 0 bridgehead atoms. The van der Waals surface area contributed by atoms with Gasteiger partial charge in [-0.2, -0.15) is 5.26 Å². The number of hydrogen-bond acceptors (Lipinski definition) is 6. The molecule has 20 heavy (non-hydrogen) atoms. The van der Waals surface area contributed by atoms with Gasteiger partial charge in [0.1, 0.15) is 0 Å². The molecule has 0 aliphatic carbocycles. The topological polar surface area (TPSA) is 55.2 Å². The maximum absolute atomic E-state index is 8.64. The van der Waals surface area contributed by atoms with Crippen molar-refractivity contribution in [3.05, 3.63) is 10.6 Å². The zero-order valence-electron chi connectivity index (χ0n) is 11.9. The van der Waals surface area contributed by atoms with Crippen LogP contribution in [0.5, 0.6) is 0 Å². The van der Waals surface area contributed by atoms with Crippen molar-refractivity contribution in [1.29, 1.82) is 5.26 Å². The van der Waals surface area contributed by atoms with Crippen LogP contribution in [0.1, 0.15) is 23.9 Å². The van der Waals surface area contributed by atoms with Crippen LogP contribution in [-0.4, -0.2) is 48.6 Å². The van der Waals surface area contributed by atoms with E-state index in [4.69, 9.17) is 10.2 Å². The number of hydrogen-bond donors (Lipinski definition) is 1. The largest absolute Gasteiger partial charge is 0.346 e. The molecule has 1 aromatic heterocycles. The molecule has 1 N–H and O–H groups in total. The van der Waals surface area contributed by atoms with Crippen molar-refractivity contribution in [2.45, 2.75) is 32.4 Å². The van der Waals surface area contributed by atoms with E-state index >= 15 is 0 Å². The number of fused-ring (bicyclic) bond motifs is 1. The minimum atomic E-state index is 0.542. The number of thiazole rings is 1. The number of anilines is 1. The van der Waals surface area contributed by atoms with E-state index < -0.39 is 0 Å². The van der Waals surface area contributed by atoms with Gasteiger partial charge in [-0.25, -0.2) is 4.98 Å². The third-order valence-electron chi connectivity index (χ3n) is 4.06. The van der Waals surface area contributed by atoms with Crippen molar-refractivity contribution < 1.29 is 0 Å². The predicted octanol–water partition coefficient (Wildman–Crippen LogP) is 1.21. The highest BCUT2D eigenvalue weighted by Gasteiger charge is 2.23. The molecule has 108 valence electrons. The van der Waals surface area contributed by atoms with Crippen LogP contribution in [0.15, 0.2) is 0 Å². The lowest BCUT2D eigenvalue weighted by Crippen LogP contribution is -2.46. The van der Waals surface area contributed by atoms with Crippen LogP contribution in [0.3, 0.4) is 0 Å². The summed E-state index contributed by atoms with van der Waals surface area (Å²) in [6, 6.07) is 2.76. The zero-order valence-corrected chi connectivity index (χ0v) is 12.7. The van der Waals surface area contributed by atoms with E-state index in [1.54, 1.807) is 0 Å². The fourth-order valence-corrected chi connectivity index (χ4v) is 3.89. The van der Waals surface area contributed by atoms with Gasteiger partial charge in [0.05, 0.1) is 11.8 Å². The molecule has 1 fully saturated rings. The monoisotopic (exact) mass is 291 g/mol. The second-order valence-electron chi connectivity index (χ2n) is 5.59. The van der Waals surface area contributed by atoms with Crippen molar-refractivity contribution >= 4 is 16.5 Å². The molecule has 0 unspecified atom stereocenters. The van der Waals surface area contributed by atoms with Gasteiger partial charge in [-0.3, -0.25) is 4.90 Å². The number of nitrogens with zero attached hydrogens (tertiary/aromatic N) is 4. The Morgan fingerprint density at radius 3 is 2.95 bits per heavy atom. The SMILES string of the molecule is C[C@@H]1Cc2nc(N3CCN(CCC#N)CC3)sc2CN1. The highest BCUT2D eigenvalue weighted by atomic mass is 32.1. The van der Waals surface area contributed by atoms with Crippen molar-refractivity contribution in [2.75, 3.05) is 37.6 Å². The molecule has 3 heterocycles. The number of nitrogens with one attached hydrogen (secondary N) is 1. The predicted molar refractivity (Wildman–Crippen MR) is 81.0 cm³/mol. The molecule has 3 rings (SSSR count). The first-order valence-electron chi connectivity index (χ1n) is 7.32. The molecule has 6 heteroatoms. The second kappa shape index (κ2) is 6.08. The lowest BCUT2D eigenvalue weighted by atomic mass is 10.1. The summed E-state index contributed by atoms with van der Waals surface area (Å²) in [5.74, 6) is 0. The highest BCUT2D eigenvalue weighted by Crippen LogP contribution is 2.30. The molecular weight excluding hydrogens is 270 g/mol. The Morgan fingerprint density at radius 1 is 1.40 bits per heavy atom. The van der Waals surface area contributed by atoms with E-state index in [0.29, 0.717) is 12.5 Å². The van der Waals surface area contributed by atoms with Gasteiger partial charge in [0.15, 0.2) is 5.13 Å². The van der Waals surface area contributed by atoms with Crippen molar-refractivity contribution in [3.63, 3.8) is 0 Å². The first-order valence-corrected chi connectivity index (χ1v) is 8.14. The Bertz CT molecular complexity index is 498. The molecule has 0 saturated carbocycles. The third-order valence-corrected chi connectivity index (χ3v) is 5.22. The average molecular weight is 291 g/mol. The van der Waals surface area contributed by atoms with Gasteiger partial charge in [-0.1, -0.05) is 0 Å². The third kappa shape index (κ3) is 2.95. The summed E-state index contributed by atoms with van der Waals surface area (Å²) in [6.07, 6.45) is 1.68. The van der Waals surface area contributed by atoms with Gasteiger partial charge < -0.3 is 10.2 Å². The molecule has 1 atom stereocenters. The van der Waals surface area contributed by atoms with Gasteiger partial charge in [-0.05, 0) is 6.92 Å². The average Bonchev–Trinajstić information content (AvgIpc) is 2.88. The summed E-state index contributed by atoms with van der Waals surface area (Å²) in [6.45, 7) is 8.23. The van der Waals surface area contributed by atoms with Gasteiger partial charge >= 0.3 is 0 Å². The summed E-state index contributed by atoms with van der Waals surface area (Å²) in [4.78, 5) is 11.0. The Labute approximate surface area is 124 Å². The van der Waals surface area contributed by atoms with Crippen LogP contribution in [0.2, 0.25) is 0 Å². The van der Waals surface area contributed by atoms with Crippen LogP contribution < -0.4 is 10.2 Å². The van der Waals surface area contributed by atoms with E-state index in [1.807, 2.05) is 11.3 Å². The van der Waals surface area contributed by atoms with Gasteiger partial charge in [0, 0.05) is 63.0 Å². The quantitative estimate of drug-likeness (QED) is 0.907. The first kappa shape index (κ1) is 13.8. The Morgan fingerprint density at radius 2 is 2.20 bits per heavy atom. The van der Waals surface area contributed by atoms with Crippen molar-refractivity contribution in [2.24, 2.45) is 0 Å². The summed E-state index contributed by atoms with van der Waals surface area (Å²) in [7, 11) is 0. The highest BCUT2D eigenvalue weighted by molar-refractivity contribution is 7.15. The molecule has 0 radical (unpaired) electrons. The molecule has 0 amide bonds. The fourth-order valence-electron chi connectivity index (χ4n) is 2.80. The minimum absolute atomic E-state index is 0.542. The Hall–Kier alpha value is -1.16. The standard InChI is InChI=1S/C14H21N5S/c1-11-9-12-13(10-16-11)20-14(17-12)19-7-5-18(6-8-19)4-2-3-15/h11,16H,2,4-10H2,1H3/t11-/m1/s1. The molecule has 0 spiro atoms. The number of nitriles is 1. The minimum Gasteiger partial charge on any atom is -0.346 e.